The lowest BCUT2D eigenvalue weighted by molar-refractivity contribution is 0.414. The van der Waals surface area contributed by atoms with E-state index >= 15 is 0 Å². The first-order valence-corrected chi connectivity index (χ1v) is 8.40. The summed E-state index contributed by atoms with van der Waals surface area (Å²) in [5.41, 5.74) is 4.58. The number of methoxy groups -OCH3 is 1. The highest BCUT2D eigenvalue weighted by atomic mass is 16.5. The number of hydrogen-bond donors (Lipinski definition) is 1. The van der Waals surface area contributed by atoms with Crippen molar-refractivity contribution >= 4 is 11.6 Å². The predicted molar refractivity (Wildman–Crippen MR) is 98.6 cm³/mol. The zero-order valence-corrected chi connectivity index (χ0v) is 14.3. The molecule has 1 aromatic heterocycles. The van der Waals surface area contributed by atoms with Crippen molar-refractivity contribution in [3.8, 4) is 5.75 Å². The lowest BCUT2D eigenvalue weighted by Crippen LogP contribution is -2.20. The number of nitrogens with one attached hydrogen (secondary N) is 1. The molecule has 1 N–H and O–H groups in total. The molecule has 1 atom stereocenters. The number of fused-ring (bicyclic) bond motifs is 1. The molecule has 0 aliphatic carbocycles. The fourth-order valence-electron chi connectivity index (χ4n) is 3.08. The van der Waals surface area contributed by atoms with Crippen LogP contribution in [-0.2, 0) is 6.42 Å². The molecule has 0 bridgehead atoms. The van der Waals surface area contributed by atoms with Crippen LogP contribution in [0.1, 0.15) is 29.7 Å². The standard InChI is InChI=1S/C20H20N4O/c1-3-14-7-9-15(10-8-14)19-12-18(23-20-21-13-22-24(19)20)16-5-4-6-17(11-16)25-2/h4-13,19H,3H2,1-2H3,(H,21,22,23). The molecule has 5 nitrogen and oxygen atoms in total. The second-order valence-electron chi connectivity index (χ2n) is 6.01. The van der Waals surface area contributed by atoms with E-state index < -0.39 is 0 Å². The van der Waals surface area contributed by atoms with E-state index in [0.29, 0.717) is 0 Å². The van der Waals surface area contributed by atoms with E-state index in [1.165, 1.54) is 11.1 Å². The highest BCUT2D eigenvalue weighted by Crippen LogP contribution is 2.32. The molecule has 126 valence electrons. The van der Waals surface area contributed by atoms with Gasteiger partial charge in [-0.15, -0.1) is 0 Å². The molecule has 1 aliphatic rings. The highest BCUT2D eigenvalue weighted by Gasteiger charge is 2.23. The fourth-order valence-corrected chi connectivity index (χ4v) is 3.08. The van der Waals surface area contributed by atoms with Crippen LogP contribution in [0.5, 0.6) is 5.75 Å². The molecule has 1 aliphatic heterocycles. The van der Waals surface area contributed by atoms with Crippen LogP contribution in [0.25, 0.3) is 5.70 Å². The number of benzene rings is 2. The van der Waals surface area contributed by atoms with E-state index in [0.717, 1.165) is 29.4 Å². The zero-order chi connectivity index (χ0) is 17.2. The smallest absolute Gasteiger partial charge is 0.226 e. The Morgan fingerprint density at radius 1 is 1.16 bits per heavy atom. The predicted octanol–water partition coefficient (Wildman–Crippen LogP) is 3.91. The van der Waals surface area contributed by atoms with Crippen LogP contribution in [0.4, 0.5) is 5.95 Å². The van der Waals surface area contributed by atoms with Crippen molar-refractivity contribution in [3.63, 3.8) is 0 Å². The van der Waals surface area contributed by atoms with Gasteiger partial charge in [0, 0.05) is 11.3 Å². The van der Waals surface area contributed by atoms with E-state index in [9.17, 15) is 0 Å². The van der Waals surface area contributed by atoms with Gasteiger partial charge in [-0.3, -0.25) is 0 Å². The Morgan fingerprint density at radius 3 is 2.76 bits per heavy atom. The van der Waals surface area contributed by atoms with Gasteiger partial charge in [-0.05, 0) is 35.8 Å². The normalized spacial score (nSPS) is 15.9. The number of hydrogen-bond acceptors (Lipinski definition) is 4. The summed E-state index contributed by atoms with van der Waals surface area (Å²) >= 11 is 0. The molecular weight excluding hydrogens is 312 g/mol. The summed E-state index contributed by atoms with van der Waals surface area (Å²) in [6.07, 6.45) is 4.79. The molecule has 0 spiro atoms. The number of nitrogens with zero attached hydrogens (tertiary/aromatic N) is 3. The van der Waals surface area contributed by atoms with E-state index in [1.54, 1.807) is 13.4 Å². The first-order chi connectivity index (χ1) is 12.3. The summed E-state index contributed by atoms with van der Waals surface area (Å²) in [4.78, 5) is 4.35. The van der Waals surface area contributed by atoms with Gasteiger partial charge in [-0.2, -0.15) is 10.1 Å². The summed E-state index contributed by atoms with van der Waals surface area (Å²) in [5, 5.41) is 7.75. The molecule has 25 heavy (non-hydrogen) atoms. The van der Waals surface area contributed by atoms with Gasteiger partial charge >= 0.3 is 0 Å². The van der Waals surface area contributed by atoms with Gasteiger partial charge in [0.15, 0.2) is 0 Å². The maximum Gasteiger partial charge on any atom is 0.226 e. The zero-order valence-electron chi connectivity index (χ0n) is 14.3. The van der Waals surface area contributed by atoms with Crippen molar-refractivity contribution in [1.82, 2.24) is 14.8 Å². The van der Waals surface area contributed by atoms with E-state index in [2.05, 4.69) is 58.7 Å². The molecule has 0 saturated heterocycles. The van der Waals surface area contributed by atoms with Crippen molar-refractivity contribution < 1.29 is 4.74 Å². The second kappa shape index (κ2) is 6.43. The molecule has 3 aromatic rings. The number of allylic oxidation sites excluding steroid dienone is 1. The molecule has 4 rings (SSSR count). The van der Waals surface area contributed by atoms with Crippen LogP contribution in [0.2, 0.25) is 0 Å². The monoisotopic (exact) mass is 332 g/mol. The Hall–Kier alpha value is -3.08. The first-order valence-electron chi connectivity index (χ1n) is 8.40. The van der Waals surface area contributed by atoms with Crippen molar-refractivity contribution in [2.45, 2.75) is 19.4 Å². The minimum atomic E-state index is 0.00542. The Balaban J connectivity index is 1.77. The fraction of sp³-hybridized carbons (Fsp3) is 0.200. The molecular formula is C20H20N4O. The van der Waals surface area contributed by atoms with Crippen molar-refractivity contribution in [1.29, 1.82) is 0 Å². The van der Waals surface area contributed by atoms with E-state index in [1.807, 2.05) is 22.9 Å². The van der Waals surface area contributed by atoms with Crippen LogP contribution in [-0.4, -0.2) is 21.9 Å². The highest BCUT2D eigenvalue weighted by molar-refractivity contribution is 5.77. The first kappa shape index (κ1) is 15.4. The average Bonchev–Trinajstić information content (AvgIpc) is 3.16. The minimum absolute atomic E-state index is 0.00542. The van der Waals surface area contributed by atoms with Gasteiger partial charge in [0.2, 0.25) is 5.95 Å². The van der Waals surface area contributed by atoms with Gasteiger partial charge in [-0.1, -0.05) is 43.3 Å². The summed E-state index contributed by atoms with van der Waals surface area (Å²) < 4.78 is 7.26. The lowest BCUT2D eigenvalue weighted by Gasteiger charge is -2.24. The second-order valence-corrected chi connectivity index (χ2v) is 6.01. The Kier molecular flexibility index (Phi) is 3.98. The number of ether oxygens (including phenoxy) is 1. The summed E-state index contributed by atoms with van der Waals surface area (Å²) in [5.74, 6) is 1.57. The van der Waals surface area contributed by atoms with Crippen molar-refractivity contribution in [2.24, 2.45) is 0 Å². The van der Waals surface area contributed by atoms with Gasteiger partial charge in [0.05, 0.1) is 7.11 Å². The molecule has 0 fully saturated rings. The molecule has 5 heteroatoms. The van der Waals surface area contributed by atoms with Gasteiger partial charge < -0.3 is 10.1 Å². The van der Waals surface area contributed by atoms with Crippen LogP contribution in [0.15, 0.2) is 60.9 Å². The third kappa shape index (κ3) is 2.89. The van der Waals surface area contributed by atoms with Gasteiger partial charge in [0.1, 0.15) is 18.1 Å². The lowest BCUT2D eigenvalue weighted by atomic mass is 10.00. The maximum atomic E-state index is 5.35. The molecule has 2 aromatic carbocycles. The average molecular weight is 332 g/mol. The number of anilines is 1. The minimum Gasteiger partial charge on any atom is -0.497 e. The summed E-state index contributed by atoms with van der Waals surface area (Å²) in [6.45, 7) is 2.16. The number of aromatic nitrogens is 3. The van der Waals surface area contributed by atoms with Crippen LogP contribution in [0.3, 0.4) is 0 Å². The van der Waals surface area contributed by atoms with Gasteiger partial charge in [-0.25, -0.2) is 4.68 Å². The summed E-state index contributed by atoms with van der Waals surface area (Å²) in [6, 6.07) is 16.7. The Labute approximate surface area is 147 Å². The molecule has 0 amide bonds. The Morgan fingerprint density at radius 2 is 2.00 bits per heavy atom. The Bertz CT molecular complexity index is 911. The van der Waals surface area contributed by atoms with Crippen molar-refractivity contribution in [3.05, 3.63) is 77.6 Å². The molecule has 1 unspecified atom stereocenters. The van der Waals surface area contributed by atoms with E-state index in [-0.39, 0.29) is 6.04 Å². The quantitative estimate of drug-likeness (QED) is 0.787. The van der Waals surface area contributed by atoms with Gasteiger partial charge in [0.25, 0.3) is 0 Å². The molecule has 2 heterocycles. The third-order valence-electron chi connectivity index (χ3n) is 4.52. The van der Waals surface area contributed by atoms with Crippen LogP contribution in [0, 0.1) is 0 Å². The topological polar surface area (TPSA) is 52.0 Å². The summed E-state index contributed by atoms with van der Waals surface area (Å²) in [7, 11) is 1.68. The SMILES string of the molecule is CCc1ccc(C2C=C(c3cccc(OC)c3)Nc3ncnn32)cc1. The van der Waals surface area contributed by atoms with Crippen LogP contribution < -0.4 is 10.1 Å². The van der Waals surface area contributed by atoms with E-state index in [4.69, 9.17) is 4.74 Å². The largest absolute Gasteiger partial charge is 0.497 e. The van der Waals surface area contributed by atoms with Crippen LogP contribution >= 0.6 is 0 Å². The number of rotatable bonds is 4. The maximum absolute atomic E-state index is 5.35. The van der Waals surface area contributed by atoms with Crippen molar-refractivity contribution in [2.75, 3.05) is 12.4 Å². The number of aryl methyl sites for hydroxylation is 1. The third-order valence-corrected chi connectivity index (χ3v) is 4.52. The molecule has 0 saturated carbocycles. The molecule has 0 radical (unpaired) electrons.